The highest BCUT2D eigenvalue weighted by atomic mass is 15.2. The van der Waals surface area contributed by atoms with Gasteiger partial charge in [-0.15, -0.1) is 0 Å². The fraction of sp³-hybridized carbons (Fsp3) is 0. The Bertz CT molecular complexity index is 4060. The molecule has 0 bridgehead atoms. The summed E-state index contributed by atoms with van der Waals surface area (Å²) in [5.74, 6) is 0. The molecule has 0 atom stereocenters. The lowest BCUT2D eigenvalue weighted by Crippen LogP contribution is -2.10. The number of para-hydroxylation sites is 4. The lowest BCUT2D eigenvalue weighted by molar-refractivity contribution is 1.30. The summed E-state index contributed by atoms with van der Waals surface area (Å²) in [5.41, 5.74) is 18.9. The normalized spacial score (nSPS) is 12.0. The summed E-state index contributed by atoms with van der Waals surface area (Å²) >= 11 is 0. The van der Waals surface area contributed by atoms with Gasteiger partial charge in [-0.1, -0.05) is 170 Å². The quantitative estimate of drug-likeness (QED) is 0.151. The first-order valence-electron chi connectivity index (χ1n) is 24.1. The largest absolute Gasteiger partial charge is 0.310 e. The second-order valence-corrected chi connectivity index (χ2v) is 18.4. The predicted molar refractivity (Wildman–Crippen MR) is 296 cm³/mol. The highest BCUT2D eigenvalue weighted by molar-refractivity contribution is 6.34. The van der Waals surface area contributed by atoms with E-state index in [0.29, 0.717) is 0 Å². The lowest BCUT2D eigenvalue weighted by Gasteiger charge is -2.26. The van der Waals surface area contributed by atoms with Gasteiger partial charge in [-0.05, 0) is 107 Å². The molecule has 11 aromatic carbocycles. The number of fused-ring (bicyclic) bond motifs is 12. The van der Waals surface area contributed by atoms with Crippen LogP contribution in [0.15, 0.2) is 255 Å². The number of hydrogen-bond donors (Lipinski definition) is 0. The van der Waals surface area contributed by atoms with Crippen LogP contribution in [-0.2, 0) is 0 Å². The van der Waals surface area contributed by atoms with E-state index in [4.69, 9.17) is 0 Å². The van der Waals surface area contributed by atoms with Crippen LogP contribution in [0.4, 0.5) is 34.1 Å². The first kappa shape index (κ1) is 38.7. The Morgan fingerprint density at radius 3 is 0.914 bits per heavy atom. The Kier molecular flexibility index (Phi) is 8.33. The Labute approximate surface area is 404 Å². The molecule has 0 N–H and O–H groups in total. The predicted octanol–water partition coefficient (Wildman–Crippen LogP) is 18.3. The van der Waals surface area contributed by atoms with Gasteiger partial charge in [0.15, 0.2) is 0 Å². The Balaban J connectivity index is 1.09. The van der Waals surface area contributed by atoms with Crippen LogP contribution < -0.4 is 9.80 Å². The van der Waals surface area contributed by atoms with E-state index < -0.39 is 0 Å². The van der Waals surface area contributed by atoms with E-state index in [0.717, 1.165) is 34.1 Å². The summed E-state index contributed by atoms with van der Waals surface area (Å²) in [6, 6.07) is 93.2. The Morgan fingerprint density at radius 1 is 0.243 bits per heavy atom. The molecule has 326 valence electrons. The van der Waals surface area contributed by atoms with Crippen molar-refractivity contribution in [3.63, 3.8) is 0 Å². The molecule has 4 nitrogen and oxygen atoms in total. The number of nitrogens with zero attached hydrogens (tertiary/aromatic N) is 4. The zero-order valence-electron chi connectivity index (χ0n) is 38.0. The first-order valence-corrected chi connectivity index (χ1v) is 24.1. The molecule has 15 aromatic rings. The van der Waals surface area contributed by atoms with Crippen LogP contribution >= 0.6 is 0 Å². The number of aromatic nitrogens is 2. The van der Waals surface area contributed by atoms with Gasteiger partial charge in [-0.2, -0.15) is 0 Å². The van der Waals surface area contributed by atoms with Crippen molar-refractivity contribution in [1.82, 2.24) is 8.80 Å². The average molecular weight is 891 g/mol. The van der Waals surface area contributed by atoms with Gasteiger partial charge < -0.3 is 18.6 Å². The van der Waals surface area contributed by atoms with E-state index in [2.05, 4.69) is 273 Å². The van der Waals surface area contributed by atoms with Crippen molar-refractivity contribution in [2.24, 2.45) is 0 Å². The SMILES string of the molecule is c1ccc(-c2cccc3c2c2c(N(c4ccccc4)c4ccccc4)ccc4c5cc6c(cc5n3c42)c2ccc(N(c3ccccc3)c3ccccc3)c3c4c(-c5ccccc5)cccc4n6c23)cc1. The average Bonchev–Trinajstić information content (AvgIpc) is 4.17. The van der Waals surface area contributed by atoms with Gasteiger partial charge in [-0.25, -0.2) is 0 Å². The molecule has 0 fully saturated rings. The fourth-order valence-electron chi connectivity index (χ4n) is 11.9. The van der Waals surface area contributed by atoms with Gasteiger partial charge in [0.1, 0.15) is 0 Å². The highest BCUT2D eigenvalue weighted by Crippen LogP contribution is 2.53. The van der Waals surface area contributed by atoms with Gasteiger partial charge in [0.2, 0.25) is 0 Å². The van der Waals surface area contributed by atoms with E-state index in [-0.39, 0.29) is 0 Å². The molecule has 0 spiro atoms. The third-order valence-corrected chi connectivity index (χ3v) is 14.7. The van der Waals surface area contributed by atoms with Crippen LogP contribution in [0.5, 0.6) is 0 Å². The molecule has 0 saturated carbocycles. The van der Waals surface area contributed by atoms with Gasteiger partial charge in [0.25, 0.3) is 0 Å². The Morgan fingerprint density at radius 2 is 0.571 bits per heavy atom. The van der Waals surface area contributed by atoms with Crippen molar-refractivity contribution in [2.45, 2.75) is 0 Å². The number of anilines is 6. The topological polar surface area (TPSA) is 15.3 Å². The smallest absolute Gasteiger partial charge is 0.0641 e. The molecule has 0 unspecified atom stereocenters. The van der Waals surface area contributed by atoms with Gasteiger partial charge >= 0.3 is 0 Å². The molecule has 4 heterocycles. The maximum atomic E-state index is 2.57. The van der Waals surface area contributed by atoms with Crippen LogP contribution in [0, 0.1) is 0 Å². The van der Waals surface area contributed by atoms with E-state index in [1.165, 1.54) is 98.4 Å². The summed E-state index contributed by atoms with van der Waals surface area (Å²) < 4.78 is 5.13. The minimum atomic E-state index is 1.11. The summed E-state index contributed by atoms with van der Waals surface area (Å²) in [4.78, 5) is 4.87. The maximum absolute atomic E-state index is 2.57. The molecule has 4 heteroatoms. The van der Waals surface area contributed by atoms with Crippen molar-refractivity contribution < 1.29 is 0 Å². The van der Waals surface area contributed by atoms with Gasteiger partial charge in [-0.3, -0.25) is 0 Å². The van der Waals surface area contributed by atoms with Crippen molar-refractivity contribution >= 4 is 110 Å². The van der Waals surface area contributed by atoms with E-state index in [1.54, 1.807) is 0 Å². The summed E-state index contributed by atoms with van der Waals surface area (Å²) in [6.07, 6.45) is 0. The van der Waals surface area contributed by atoms with Crippen molar-refractivity contribution in [3.8, 4) is 22.3 Å². The maximum Gasteiger partial charge on any atom is 0.0641 e. The zero-order valence-corrected chi connectivity index (χ0v) is 38.0. The van der Waals surface area contributed by atoms with Crippen LogP contribution in [0.25, 0.3) is 98.4 Å². The van der Waals surface area contributed by atoms with Crippen LogP contribution in [-0.4, -0.2) is 8.80 Å². The van der Waals surface area contributed by atoms with Gasteiger partial charge in [0, 0.05) is 65.8 Å². The lowest BCUT2D eigenvalue weighted by atomic mass is 9.96. The highest BCUT2D eigenvalue weighted by Gasteiger charge is 2.29. The standard InChI is InChI=1S/C66H42N4/c1-7-21-43(22-8-1)49-33-19-35-55-61(49)63-57(67(45-25-11-3-12-26-45)46-27-13-4-14-28-46)39-37-51-53-42-60-54(41-59(53)69(55)65(51)63)52-38-40-58(68(47-29-15-5-16-30-47)48-31-17-6-18-32-48)64-62-50(44-23-9-2-10-24-44)34-20-36-56(62)70(60)66(52)64/h1-42H. The molecule has 0 amide bonds. The van der Waals surface area contributed by atoms with Crippen LogP contribution in [0.3, 0.4) is 0 Å². The molecule has 0 radical (unpaired) electrons. The molecule has 0 aliphatic rings. The van der Waals surface area contributed by atoms with Crippen molar-refractivity contribution in [2.75, 3.05) is 9.80 Å². The zero-order chi connectivity index (χ0) is 45.9. The molecule has 4 aromatic heterocycles. The Hall–Kier alpha value is -9.38. The number of hydrogen-bond acceptors (Lipinski definition) is 2. The third-order valence-electron chi connectivity index (χ3n) is 14.7. The summed E-state index contributed by atoms with van der Waals surface area (Å²) in [6.45, 7) is 0. The minimum absolute atomic E-state index is 1.11. The van der Waals surface area contributed by atoms with Crippen LogP contribution in [0.2, 0.25) is 0 Å². The monoisotopic (exact) mass is 890 g/mol. The molecular formula is C66H42N4. The molecule has 15 rings (SSSR count). The third kappa shape index (κ3) is 5.47. The number of benzene rings is 11. The van der Waals surface area contributed by atoms with E-state index in [9.17, 15) is 0 Å². The number of rotatable bonds is 8. The molecular weight excluding hydrogens is 849 g/mol. The molecule has 0 aliphatic heterocycles. The summed E-state index contributed by atoms with van der Waals surface area (Å²) in [5, 5.41) is 9.93. The van der Waals surface area contributed by atoms with Crippen LogP contribution in [0.1, 0.15) is 0 Å². The van der Waals surface area contributed by atoms with Crippen molar-refractivity contribution in [3.05, 3.63) is 255 Å². The van der Waals surface area contributed by atoms with Crippen molar-refractivity contribution in [1.29, 1.82) is 0 Å². The molecule has 0 saturated heterocycles. The molecule has 70 heavy (non-hydrogen) atoms. The second-order valence-electron chi connectivity index (χ2n) is 18.4. The fourth-order valence-corrected chi connectivity index (χ4v) is 11.9. The van der Waals surface area contributed by atoms with E-state index in [1.807, 2.05) is 0 Å². The first-order chi connectivity index (χ1) is 34.8. The summed E-state index contributed by atoms with van der Waals surface area (Å²) in [7, 11) is 0. The van der Waals surface area contributed by atoms with Gasteiger partial charge in [0.05, 0.1) is 44.5 Å². The van der Waals surface area contributed by atoms with E-state index >= 15 is 0 Å². The second kappa shape index (κ2) is 15.1. The minimum Gasteiger partial charge on any atom is -0.310 e. The molecule has 0 aliphatic carbocycles.